The van der Waals surface area contributed by atoms with Crippen molar-refractivity contribution in [1.29, 1.82) is 0 Å². The zero-order chi connectivity index (χ0) is 18.7. The largest absolute Gasteiger partial charge is 0.489 e. The number of pyridine rings is 1. The lowest BCUT2D eigenvalue weighted by Crippen LogP contribution is -2.45. The highest BCUT2D eigenvalue weighted by Gasteiger charge is 2.39. The minimum absolute atomic E-state index is 0.133. The molecule has 0 amide bonds. The molecule has 0 spiro atoms. The van der Waals surface area contributed by atoms with Crippen LogP contribution in [0.2, 0.25) is 5.02 Å². The third kappa shape index (κ3) is 3.77. The predicted octanol–water partition coefficient (Wildman–Crippen LogP) is 5.03. The molecule has 1 aromatic carbocycles. The second-order valence-electron chi connectivity index (χ2n) is 7.62. The molecule has 4 nitrogen and oxygen atoms in total. The van der Waals surface area contributed by atoms with Crippen molar-refractivity contribution in [3.63, 3.8) is 0 Å². The Labute approximate surface area is 160 Å². The number of nitrogens with two attached hydrogens (primary N) is 1. The second-order valence-corrected chi connectivity index (χ2v) is 8.03. The fourth-order valence-electron chi connectivity index (χ4n) is 4.48. The van der Waals surface area contributed by atoms with Gasteiger partial charge in [0, 0.05) is 17.6 Å². The van der Waals surface area contributed by atoms with E-state index in [1.165, 1.54) is 12.8 Å². The molecule has 1 saturated carbocycles. The number of H-pyrrole nitrogens is 1. The van der Waals surface area contributed by atoms with Gasteiger partial charge < -0.3 is 15.5 Å². The lowest BCUT2D eigenvalue weighted by atomic mass is 9.65. The highest BCUT2D eigenvalue weighted by Crippen LogP contribution is 2.44. The molecule has 1 fully saturated rings. The predicted molar refractivity (Wildman–Crippen MR) is 108 cm³/mol. The fourth-order valence-corrected chi connectivity index (χ4v) is 4.69. The molecule has 142 valence electrons. The molecule has 3 N–H and O–H groups in total. The monoisotopic (exact) mass is 376 g/mol. The van der Waals surface area contributed by atoms with Crippen molar-refractivity contribution < 1.29 is 4.74 Å². The van der Waals surface area contributed by atoms with E-state index in [4.69, 9.17) is 22.1 Å². The minimum atomic E-state index is -0.133. The summed E-state index contributed by atoms with van der Waals surface area (Å²) in [7, 11) is 0. The third-order valence-electron chi connectivity index (χ3n) is 6.02. The summed E-state index contributed by atoms with van der Waals surface area (Å²) >= 11 is 6.38. The van der Waals surface area contributed by atoms with Crippen LogP contribution in [0.15, 0.2) is 29.2 Å². The van der Waals surface area contributed by atoms with E-state index in [-0.39, 0.29) is 23.1 Å². The molecule has 1 heterocycles. The van der Waals surface area contributed by atoms with E-state index in [1.54, 1.807) is 12.3 Å². The lowest BCUT2D eigenvalue weighted by molar-refractivity contribution is 0.0528. The minimum Gasteiger partial charge on any atom is -0.489 e. The van der Waals surface area contributed by atoms with Crippen molar-refractivity contribution >= 4 is 22.4 Å². The number of aromatic nitrogens is 1. The van der Waals surface area contributed by atoms with Crippen LogP contribution in [-0.2, 0) is 0 Å². The van der Waals surface area contributed by atoms with Crippen LogP contribution in [0.4, 0.5) is 0 Å². The van der Waals surface area contributed by atoms with Gasteiger partial charge in [0.25, 0.3) is 5.56 Å². The van der Waals surface area contributed by atoms with Crippen molar-refractivity contribution in [2.75, 3.05) is 0 Å². The van der Waals surface area contributed by atoms with Crippen LogP contribution in [0, 0.1) is 5.41 Å². The highest BCUT2D eigenvalue weighted by atomic mass is 35.5. The Morgan fingerprint density at radius 1 is 1.35 bits per heavy atom. The number of nitrogens with one attached hydrogen (secondary N) is 1. The first-order valence-electron chi connectivity index (χ1n) is 9.72. The van der Waals surface area contributed by atoms with Crippen LogP contribution in [-0.4, -0.2) is 17.1 Å². The Morgan fingerprint density at radius 3 is 2.73 bits per heavy atom. The first-order valence-corrected chi connectivity index (χ1v) is 10.1. The van der Waals surface area contributed by atoms with Crippen molar-refractivity contribution in [2.24, 2.45) is 11.1 Å². The Morgan fingerprint density at radius 2 is 2.08 bits per heavy atom. The normalized spacial score (nSPS) is 24.5. The molecule has 5 heteroatoms. The molecule has 3 rings (SSSR count). The maximum Gasteiger partial charge on any atom is 0.255 e. The molecule has 1 unspecified atom stereocenters. The van der Waals surface area contributed by atoms with E-state index in [1.807, 2.05) is 12.1 Å². The average molecular weight is 377 g/mol. The number of hydrogen-bond acceptors (Lipinski definition) is 3. The van der Waals surface area contributed by atoms with E-state index in [2.05, 4.69) is 18.8 Å². The Hall–Kier alpha value is -1.52. The first kappa shape index (κ1) is 19.2. The maximum absolute atomic E-state index is 11.9. The summed E-state index contributed by atoms with van der Waals surface area (Å²) in [5.41, 5.74) is 6.59. The molecular weight excluding hydrogens is 348 g/mol. The molecule has 1 aromatic heterocycles. The highest BCUT2D eigenvalue weighted by molar-refractivity contribution is 6.32. The number of rotatable bonds is 6. The van der Waals surface area contributed by atoms with Gasteiger partial charge >= 0.3 is 0 Å². The quantitative estimate of drug-likeness (QED) is 0.743. The lowest BCUT2D eigenvalue weighted by Gasteiger charge is -2.44. The van der Waals surface area contributed by atoms with Crippen molar-refractivity contribution in [3.05, 3.63) is 39.8 Å². The van der Waals surface area contributed by atoms with Crippen molar-refractivity contribution in [1.82, 2.24) is 4.98 Å². The number of hydrogen-bond donors (Lipinski definition) is 2. The van der Waals surface area contributed by atoms with E-state index in [0.717, 1.165) is 37.5 Å². The average Bonchev–Trinajstić information content (AvgIpc) is 2.64. The van der Waals surface area contributed by atoms with E-state index in [0.29, 0.717) is 16.2 Å². The molecular formula is C21H29ClN2O2. The summed E-state index contributed by atoms with van der Waals surface area (Å²) in [6, 6.07) is 5.70. The zero-order valence-corrected chi connectivity index (χ0v) is 16.4. The van der Waals surface area contributed by atoms with Crippen LogP contribution >= 0.6 is 11.6 Å². The summed E-state index contributed by atoms with van der Waals surface area (Å²) in [6.45, 7) is 4.42. The second kappa shape index (κ2) is 8.01. The van der Waals surface area contributed by atoms with Gasteiger partial charge in [0.2, 0.25) is 0 Å². The standard InChI is InChI=1S/C21H29ClN2O2/c1-3-8-21(19(23)4-2)9-5-15(6-10-21)26-18-12-14-7-11-24-20(25)16(14)13-17(18)22/h7,11-13,15,19H,3-6,8-10,23H2,1-2H3,(H,24,25). The molecule has 1 aliphatic carbocycles. The summed E-state index contributed by atoms with van der Waals surface area (Å²) < 4.78 is 6.23. The smallest absolute Gasteiger partial charge is 0.255 e. The molecule has 0 radical (unpaired) electrons. The van der Waals surface area contributed by atoms with Crippen LogP contribution in [0.5, 0.6) is 5.75 Å². The molecule has 2 aromatic rings. The molecule has 26 heavy (non-hydrogen) atoms. The SMILES string of the molecule is CCCC1(C(N)CC)CCC(Oc2cc3cc[nH]c(=O)c3cc2Cl)CC1. The summed E-state index contributed by atoms with van der Waals surface area (Å²) in [4.78, 5) is 14.6. The number of fused-ring (bicyclic) bond motifs is 1. The fraction of sp³-hybridized carbons (Fsp3) is 0.571. The van der Waals surface area contributed by atoms with Crippen LogP contribution in [0.3, 0.4) is 0 Å². The number of ether oxygens (including phenoxy) is 1. The molecule has 0 bridgehead atoms. The van der Waals surface area contributed by atoms with Gasteiger partial charge in [0.1, 0.15) is 5.75 Å². The number of halogens is 1. The van der Waals surface area contributed by atoms with E-state index in [9.17, 15) is 4.79 Å². The van der Waals surface area contributed by atoms with Gasteiger partial charge in [-0.15, -0.1) is 0 Å². The Kier molecular flexibility index (Phi) is 5.93. The van der Waals surface area contributed by atoms with E-state index >= 15 is 0 Å². The maximum atomic E-state index is 11.9. The molecule has 0 aliphatic heterocycles. The first-order chi connectivity index (χ1) is 12.5. The topological polar surface area (TPSA) is 68.1 Å². The Bertz CT molecular complexity index is 809. The summed E-state index contributed by atoms with van der Waals surface area (Å²) in [6.07, 6.45) is 9.38. The third-order valence-corrected chi connectivity index (χ3v) is 6.32. The molecule has 1 atom stereocenters. The zero-order valence-electron chi connectivity index (χ0n) is 15.7. The van der Waals surface area contributed by atoms with Crippen LogP contribution in [0.25, 0.3) is 10.8 Å². The van der Waals surface area contributed by atoms with Crippen molar-refractivity contribution in [2.45, 2.75) is 70.9 Å². The van der Waals surface area contributed by atoms with Gasteiger partial charge in [0.15, 0.2) is 0 Å². The summed E-state index contributed by atoms with van der Waals surface area (Å²) in [5.74, 6) is 0.664. The van der Waals surface area contributed by atoms with E-state index < -0.39 is 0 Å². The number of benzene rings is 1. The number of aromatic amines is 1. The van der Waals surface area contributed by atoms with Gasteiger partial charge in [-0.1, -0.05) is 31.9 Å². The van der Waals surface area contributed by atoms with Crippen molar-refractivity contribution in [3.8, 4) is 5.75 Å². The Balaban J connectivity index is 1.74. The van der Waals surface area contributed by atoms with Gasteiger partial charge in [0.05, 0.1) is 11.1 Å². The van der Waals surface area contributed by atoms with Crippen LogP contribution < -0.4 is 16.0 Å². The molecule has 0 saturated heterocycles. The summed E-state index contributed by atoms with van der Waals surface area (Å²) in [5, 5.41) is 1.92. The van der Waals surface area contributed by atoms with Gasteiger partial charge in [-0.2, -0.15) is 0 Å². The van der Waals surface area contributed by atoms with Gasteiger partial charge in [-0.05, 0) is 67.5 Å². The molecule has 1 aliphatic rings. The van der Waals surface area contributed by atoms with Gasteiger partial charge in [-0.25, -0.2) is 0 Å². The van der Waals surface area contributed by atoms with Crippen LogP contribution in [0.1, 0.15) is 58.8 Å². The van der Waals surface area contributed by atoms with Gasteiger partial charge in [-0.3, -0.25) is 4.79 Å².